The van der Waals surface area contributed by atoms with Gasteiger partial charge in [-0.25, -0.2) is 0 Å². The Hall–Kier alpha value is -1.13. The van der Waals surface area contributed by atoms with E-state index < -0.39 is 5.60 Å². The van der Waals surface area contributed by atoms with Gasteiger partial charge in [0.2, 0.25) is 0 Å². The van der Waals surface area contributed by atoms with Crippen LogP contribution in [0, 0.1) is 0 Å². The van der Waals surface area contributed by atoms with E-state index in [-0.39, 0.29) is 0 Å². The van der Waals surface area contributed by atoms with Gasteiger partial charge in [-0.05, 0) is 32.4 Å². The third-order valence-corrected chi connectivity index (χ3v) is 2.97. The third-order valence-electron chi connectivity index (χ3n) is 2.97. The van der Waals surface area contributed by atoms with Crippen molar-refractivity contribution >= 4 is 0 Å². The molecule has 0 bridgehead atoms. The Morgan fingerprint density at radius 3 is 2.79 bits per heavy atom. The Morgan fingerprint density at radius 2 is 2.16 bits per heavy atom. The van der Waals surface area contributed by atoms with E-state index in [0.29, 0.717) is 19.1 Å². The molecule has 0 aliphatic rings. The number of aromatic nitrogens is 1. The van der Waals surface area contributed by atoms with Crippen LogP contribution in [0.25, 0.3) is 0 Å². The van der Waals surface area contributed by atoms with Gasteiger partial charge in [0.05, 0.1) is 18.4 Å². The molecule has 0 amide bonds. The Bertz CT molecular complexity index is 378. The molecule has 4 heteroatoms. The van der Waals surface area contributed by atoms with Gasteiger partial charge in [-0.1, -0.05) is 20.8 Å². The number of hydrogen-bond donors (Lipinski definition) is 2. The van der Waals surface area contributed by atoms with Gasteiger partial charge in [-0.3, -0.25) is 4.98 Å². The molecule has 1 atom stereocenters. The first-order chi connectivity index (χ1) is 8.95. The molecule has 0 saturated carbocycles. The van der Waals surface area contributed by atoms with Crippen molar-refractivity contribution in [2.75, 3.05) is 13.2 Å². The standard InChI is InChI=1S/C15H26N2O2/c1-5-8-19-14-9-13(10-16-11-14)15(4,18)6-7-17-12(2)3/h9-12,17-18H,5-8H2,1-4H3. The summed E-state index contributed by atoms with van der Waals surface area (Å²) in [7, 11) is 0. The van der Waals surface area contributed by atoms with Crippen molar-refractivity contribution in [3.05, 3.63) is 24.0 Å². The zero-order valence-corrected chi connectivity index (χ0v) is 12.4. The average Bonchev–Trinajstić information content (AvgIpc) is 2.36. The SMILES string of the molecule is CCCOc1cncc(C(C)(O)CCNC(C)C)c1. The van der Waals surface area contributed by atoms with E-state index >= 15 is 0 Å². The topological polar surface area (TPSA) is 54.4 Å². The van der Waals surface area contributed by atoms with Crippen LogP contribution in [0.4, 0.5) is 0 Å². The largest absolute Gasteiger partial charge is 0.492 e. The molecular weight excluding hydrogens is 240 g/mol. The zero-order valence-electron chi connectivity index (χ0n) is 12.4. The number of rotatable bonds is 8. The van der Waals surface area contributed by atoms with Crippen LogP contribution in [0.5, 0.6) is 5.75 Å². The summed E-state index contributed by atoms with van der Waals surface area (Å²) in [5.74, 6) is 0.719. The van der Waals surface area contributed by atoms with E-state index in [9.17, 15) is 5.11 Å². The highest BCUT2D eigenvalue weighted by molar-refractivity contribution is 5.27. The first-order valence-electron chi connectivity index (χ1n) is 7.00. The molecule has 1 rings (SSSR count). The highest BCUT2D eigenvalue weighted by atomic mass is 16.5. The van der Waals surface area contributed by atoms with Gasteiger partial charge >= 0.3 is 0 Å². The number of pyridine rings is 1. The van der Waals surface area contributed by atoms with Crippen LogP contribution >= 0.6 is 0 Å². The van der Waals surface area contributed by atoms with Crippen LogP contribution in [0.3, 0.4) is 0 Å². The zero-order chi connectivity index (χ0) is 14.3. The molecule has 0 radical (unpaired) electrons. The maximum atomic E-state index is 10.5. The van der Waals surface area contributed by atoms with Crippen molar-refractivity contribution in [3.63, 3.8) is 0 Å². The fourth-order valence-corrected chi connectivity index (χ4v) is 1.76. The minimum atomic E-state index is -0.888. The lowest BCUT2D eigenvalue weighted by Crippen LogP contribution is -2.31. The second-order valence-corrected chi connectivity index (χ2v) is 5.39. The maximum Gasteiger partial charge on any atom is 0.137 e. The van der Waals surface area contributed by atoms with E-state index in [4.69, 9.17) is 4.74 Å². The van der Waals surface area contributed by atoms with Gasteiger partial charge in [0.25, 0.3) is 0 Å². The van der Waals surface area contributed by atoms with Crippen molar-refractivity contribution in [2.24, 2.45) is 0 Å². The lowest BCUT2D eigenvalue weighted by Gasteiger charge is -2.24. The number of nitrogens with zero attached hydrogens (tertiary/aromatic N) is 1. The smallest absolute Gasteiger partial charge is 0.137 e. The highest BCUT2D eigenvalue weighted by Crippen LogP contribution is 2.26. The summed E-state index contributed by atoms with van der Waals surface area (Å²) in [5.41, 5.74) is -0.0906. The number of hydrogen-bond acceptors (Lipinski definition) is 4. The average molecular weight is 266 g/mol. The summed E-state index contributed by atoms with van der Waals surface area (Å²) in [6, 6.07) is 2.30. The van der Waals surface area contributed by atoms with Crippen molar-refractivity contribution in [3.8, 4) is 5.75 Å². The second-order valence-electron chi connectivity index (χ2n) is 5.39. The maximum absolute atomic E-state index is 10.5. The van der Waals surface area contributed by atoms with E-state index in [0.717, 1.165) is 24.3 Å². The quantitative estimate of drug-likeness (QED) is 0.759. The normalized spacial score (nSPS) is 14.4. The Labute approximate surface area is 116 Å². The monoisotopic (exact) mass is 266 g/mol. The highest BCUT2D eigenvalue weighted by Gasteiger charge is 2.23. The molecule has 1 aromatic heterocycles. The van der Waals surface area contributed by atoms with Crippen molar-refractivity contribution in [1.82, 2.24) is 10.3 Å². The van der Waals surface area contributed by atoms with Gasteiger partial charge in [-0.15, -0.1) is 0 Å². The Balaban J connectivity index is 2.65. The second kappa shape index (κ2) is 7.46. The molecule has 1 unspecified atom stereocenters. The van der Waals surface area contributed by atoms with E-state index in [2.05, 4.69) is 31.1 Å². The lowest BCUT2D eigenvalue weighted by molar-refractivity contribution is 0.0469. The van der Waals surface area contributed by atoms with Gasteiger partial charge in [0.15, 0.2) is 0 Å². The van der Waals surface area contributed by atoms with Crippen LogP contribution in [0.1, 0.15) is 46.1 Å². The molecule has 19 heavy (non-hydrogen) atoms. The Morgan fingerprint density at radius 1 is 1.42 bits per heavy atom. The molecule has 0 aromatic carbocycles. The number of nitrogens with one attached hydrogen (secondary N) is 1. The predicted molar refractivity (Wildman–Crippen MR) is 77.3 cm³/mol. The molecule has 4 nitrogen and oxygen atoms in total. The van der Waals surface area contributed by atoms with E-state index in [1.54, 1.807) is 12.4 Å². The van der Waals surface area contributed by atoms with Crippen molar-refractivity contribution in [2.45, 2.75) is 52.2 Å². The molecular formula is C15H26N2O2. The van der Waals surface area contributed by atoms with E-state index in [1.165, 1.54) is 0 Å². The molecule has 2 N–H and O–H groups in total. The fourth-order valence-electron chi connectivity index (χ4n) is 1.76. The van der Waals surface area contributed by atoms with Crippen molar-refractivity contribution in [1.29, 1.82) is 0 Å². The van der Waals surface area contributed by atoms with E-state index in [1.807, 2.05) is 13.0 Å². The van der Waals surface area contributed by atoms with Crippen LogP contribution in [0.2, 0.25) is 0 Å². The fraction of sp³-hybridized carbons (Fsp3) is 0.667. The molecule has 0 saturated heterocycles. The molecule has 1 heterocycles. The molecule has 0 spiro atoms. The van der Waals surface area contributed by atoms with Gasteiger partial charge in [0.1, 0.15) is 5.75 Å². The number of ether oxygens (including phenoxy) is 1. The van der Waals surface area contributed by atoms with Crippen LogP contribution in [-0.2, 0) is 5.60 Å². The summed E-state index contributed by atoms with van der Waals surface area (Å²) in [5, 5.41) is 13.8. The molecule has 1 aromatic rings. The minimum Gasteiger partial charge on any atom is -0.492 e. The summed E-state index contributed by atoms with van der Waals surface area (Å²) in [6.07, 6.45) is 4.98. The molecule has 0 fully saturated rings. The number of aliphatic hydroxyl groups is 1. The molecule has 0 aliphatic heterocycles. The molecule has 0 aliphatic carbocycles. The third kappa shape index (κ3) is 5.57. The summed E-state index contributed by atoms with van der Waals surface area (Å²) < 4.78 is 5.54. The Kier molecular flexibility index (Phi) is 6.25. The predicted octanol–water partition coefficient (Wildman–Crippen LogP) is 2.47. The lowest BCUT2D eigenvalue weighted by atomic mass is 9.94. The summed E-state index contributed by atoms with van der Waals surface area (Å²) in [4.78, 5) is 4.14. The van der Waals surface area contributed by atoms with Gasteiger partial charge in [-0.2, -0.15) is 0 Å². The minimum absolute atomic E-state index is 0.424. The van der Waals surface area contributed by atoms with Crippen LogP contribution in [-0.4, -0.2) is 29.3 Å². The van der Waals surface area contributed by atoms with Crippen LogP contribution < -0.4 is 10.1 Å². The first-order valence-corrected chi connectivity index (χ1v) is 7.00. The van der Waals surface area contributed by atoms with Gasteiger partial charge in [0, 0.05) is 17.8 Å². The molecule has 108 valence electrons. The first kappa shape index (κ1) is 15.9. The summed E-state index contributed by atoms with van der Waals surface area (Å²) in [6.45, 7) is 9.50. The summed E-state index contributed by atoms with van der Waals surface area (Å²) >= 11 is 0. The van der Waals surface area contributed by atoms with Gasteiger partial charge < -0.3 is 15.2 Å². The van der Waals surface area contributed by atoms with Crippen LogP contribution in [0.15, 0.2) is 18.5 Å². The van der Waals surface area contributed by atoms with Crippen molar-refractivity contribution < 1.29 is 9.84 Å².